The van der Waals surface area contributed by atoms with Crippen LogP contribution in [0.1, 0.15) is 17.7 Å². The molecule has 4 heteroatoms. The van der Waals surface area contributed by atoms with Crippen LogP contribution in [0.5, 0.6) is 0 Å². The van der Waals surface area contributed by atoms with Crippen LogP contribution in [0.15, 0.2) is 47.9 Å². The van der Waals surface area contributed by atoms with E-state index in [1.807, 2.05) is 18.2 Å². The minimum Gasteiger partial charge on any atom is -0.399 e. The van der Waals surface area contributed by atoms with Gasteiger partial charge in [-0.2, -0.15) is 0 Å². The fourth-order valence-corrected chi connectivity index (χ4v) is 2.30. The summed E-state index contributed by atoms with van der Waals surface area (Å²) in [6.45, 7) is 2.13. The first-order valence-corrected chi connectivity index (χ1v) is 5.92. The lowest BCUT2D eigenvalue weighted by Crippen LogP contribution is -1.92. The summed E-state index contributed by atoms with van der Waals surface area (Å²) in [7, 11) is 0. The number of aromatic nitrogens is 2. The zero-order valence-corrected chi connectivity index (χ0v) is 9.82. The molecule has 2 rings (SSSR count). The van der Waals surface area contributed by atoms with Crippen LogP contribution < -0.4 is 5.73 Å². The van der Waals surface area contributed by atoms with Gasteiger partial charge in [-0.3, -0.25) is 4.98 Å². The van der Waals surface area contributed by atoms with Crippen LogP contribution in [0.4, 0.5) is 5.69 Å². The molecule has 0 amide bonds. The van der Waals surface area contributed by atoms with E-state index in [2.05, 4.69) is 23.0 Å². The molecule has 2 aromatic rings. The molecule has 0 aliphatic carbocycles. The maximum Gasteiger partial charge on any atom is 0.115 e. The number of hydrogen-bond acceptors (Lipinski definition) is 4. The van der Waals surface area contributed by atoms with Crippen molar-refractivity contribution in [3.63, 3.8) is 0 Å². The van der Waals surface area contributed by atoms with Gasteiger partial charge >= 0.3 is 0 Å². The van der Waals surface area contributed by atoms with Crippen molar-refractivity contribution in [3.8, 4) is 0 Å². The predicted octanol–water partition coefficient (Wildman–Crippen LogP) is 2.91. The minimum absolute atomic E-state index is 0.320. The number of benzene rings is 1. The number of anilines is 1. The lowest BCUT2D eigenvalue weighted by atomic mass is 10.1. The number of thioether (sulfide) groups is 1. The molecule has 0 saturated heterocycles. The highest BCUT2D eigenvalue weighted by atomic mass is 32.2. The van der Waals surface area contributed by atoms with Gasteiger partial charge in [0.1, 0.15) is 5.03 Å². The Bertz CT molecular complexity index is 459. The quantitative estimate of drug-likeness (QED) is 0.652. The number of rotatable bonds is 3. The average Bonchev–Trinajstić information content (AvgIpc) is 2.30. The van der Waals surface area contributed by atoms with Gasteiger partial charge in [-0.15, -0.1) is 0 Å². The summed E-state index contributed by atoms with van der Waals surface area (Å²) in [4.78, 5) is 8.28. The van der Waals surface area contributed by atoms with Crippen molar-refractivity contribution in [2.75, 3.05) is 5.73 Å². The fourth-order valence-electron chi connectivity index (χ4n) is 1.41. The summed E-state index contributed by atoms with van der Waals surface area (Å²) >= 11 is 1.68. The van der Waals surface area contributed by atoms with Crippen molar-refractivity contribution >= 4 is 17.4 Å². The number of nitrogen functional groups attached to an aromatic ring is 1. The van der Waals surface area contributed by atoms with Crippen molar-refractivity contribution in [3.05, 3.63) is 48.4 Å². The molecule has 3 nitrogen and oxygen atoms in total. The zero-order valence-electron chi connectivity index (χ0n) is 9.00. The molecule has 2 N–H and O–H groups in total. The SMILES string of the molecule is CC(Sc1cnccn1)c1cccc(N)c1. The summed E-state index contributed by atoms with van der Waals surface area (Å²) in [5.74, 6) is 0. The molecule has 0 radical (unpaired) electrons. The molecular formula is C12H13N3S. The van der Waals surface area contributed by atoms with Gasteiger partial charge in [0, 0.05) is 23.3 Å². The van der Waals surface area contributed by atoms with Crippen molar-refractivity contribution in [1.82, 2.24) is 9.97 Å². The van der Waals surface area contributed by atoms with E-state index in [1.165, 1.54) is 5.56 Å². The average molecular weight is 231 g/mol. The van der Waals surface area contributed by atoms with Crippen molar-refractivity contribution in [2.24, 2.45) is 0 Å². The summed E-state index contributed by atoms with van der Waals surface area (Å²) < 4.78 is 0. The molecule has 0 bridgehead atoms. The fraction of sp³-hybridized carbons (Fsp3) is 0.167. The zero-order chi connectivity index (χ0) is 11.4. The third-order valence-corrected chi connectivity index (χ3v) is 3.30. The van der Waals surface area contributed by atoms with Gasteiger partial charge in [-0.25, -0.2) is 4.98 Å². The van der Waals surface area contributed by atoms with Crippen LogP contribution in [0.3, 0.4) is 0 Å². The molecule has 1 heterocycles. The summed E-state index contributed by atoms with van der Waals surface area (Å²) in [5.41, 5.74) is 7.75. The van der Waals surface area contributed by atoms with E-state index in [9.17, 15) is 0 Å². The van der Waals surface area contributed by atoms with E-state index in [1.54, 1.807) is 30.4 Å². The van der Waals surface area contributed by atoms with Gasteiger partial charge in [-0.05, 0) is 24.6 Å². The summed E-state index contributed by atoms with van der Waals surface area (Å²) in [6.07, 6.45) is 5.15. The Morgan fingerprint density at radius 3 is 2.88 bits per heavy atom. The normalized spacial score (nSPS) is 12.3. The van der Waals surface area contributed by atoms with E-state index in [-0.39, 0.29) is 0 Å². The van der Waals surface area contributed by atoms with E-state index < -0.39 is 0 Å². The third kappa shape index (κ3) is 2.73. The van der Waals surface area contributed by atoms with Crippen molar-refractivity contribution in [2.45, 2.75) is 17.2 Å². The molecule has 82 valence electrons. The Balaban J connectivity index is 2.12. The smallest absolute Gasteiger partial charge is 0.115 e. The molecule has 1 atom stereocenters. The molecule has 0 fully saturated rings. The van der Waals surface area contributed by atoms with Crippen LogP contribution >= 0.6 is 11.8 Å². The largest absolute Gasteiger partial charge is 0.399 e. The third-order valence-electron chi connectivity index (χ3n) is 2.22. The van der Waals surface area contributed by atoms with E-state index in [0.29, 0.717) is 5.25 Å². The lowest BCUT2D eigenvalue weighted by molar-refractivity contribution is 1.03. The van der Waals surface area contributed by atoms with Gasteiger partial charge in [-0.1, -0.05) is 23.9 Å². The highest BCUT2D eigenvalue weighted by molar-refractivity contribution is 7.99. The van der Waals surface area contributed by atoms with Gasteiger partial charge in [0.05, 0.1) is 6.20 Å². The van der Waals surface area contributed by atoms with Gasteiger partial charge in [0.15, 0.2) is 0 Å². The Kier molecular flexibility index (Phi) is 3.41. The Morgan fingerprint density at radius 1 is 1.31 bits per heavy atom. The number of hydrogen-bond donors (Lipinski definition) is 1. The number of nitrogens with two attached hydrogens (primary N) is 1. The predicted molar refractivity (Wildman–Crippen MR) is 67.2 cm³/mol. The number of nitrogens with zero attached hydrogens (tertiary/aromatic N) is 2. The van der Waals surface area contributed by atoms with Gasteiger partial charge < -0.3 is 5.73 Å². The first-order chi connectivity index (χ1) is 7.75. The Labute approximate surface area is 99.1 Å². The minimum atomic E-state index is 0.320. The van der Waals surface area contributed by atoms with E-state index in [0.717, 1.165) is 10.7 Å². The molecule has 0 saturated carbocycles. The van der Waals surface area contributed by atoms with E-state index >= 15 is 0 Å². The topological polar surface area (TPSA) is 51.8 Å². The maximum absolute atomic E-state index is 5.75. The van der Waals surface area contributed by atoms with Crippen molar-refractivity contribution in [1.29, 1.82) is 0 Å². The monoisotopic (exact) mass is 231 g/mol. The Hall–Kier alpha value is -1.55. The molecule has 0 aliphatic rings. The molecular weight excluding hydrogens is 218 g/mol. The second-order valence-corrected chi connectivity index (χ2v) is 4.83. The molecule has 1 aromatic heterocycles. The van der Waals surface area contributed by atoms with Gasteiger partial charge in [0.25, 0.3) is 0 Å². The highest BCUT2D eigenvalue weighted by Crippen LogP contribution is 2.33. The van der Waals surface area contributed by atoms with Gasteiger partial charge in [0.2, 0.25) is 0 Å². The van der Waals surface area contributed by atoms with Crippen molar-refractivity contribution < 1.29 is 0 Å². The second-order valence-electron chi connectivity index (χ2n) is 3.47. The van der Waals surface area contributed by atoms with Crippen LogP contribution in [-0.4, -0.2) is 9.97 Å². The van der Waals surface area contributed by atoms with Crippen LogP contribution in [0.25, 0.3) is 0 Å². The molecule has 0 aliphatic heterocycles. The Morgan fingerprint density at radius 2 is 2.19 bits per heavy atom. The second kappa shape index (κ2) is 4.99. The molecule has 0 spiro atoms. The van der Waals surface area contributed by atoms with Crippen LogP contribution in [0.2, 0.25) is 0 Å². The maximum atomic E-state index is 5.75. The van der Waals surface area contributed by atoms with Crippen LogP contribution in [-0.2, 0) is 0 Å². The molecule has 16 heavy (non-hydrogen) atoms. The lowest BCUT2D eigenvalue weighted by Gasteiger charge is -2.10. The molecule has 1 unspecified atom stereocenters. The summed E-state index contributed by atoms with van der Waals surface area (Å²) in [5, 5.41) is 1.25. The standard InChI is InChI=1S/C12H13N3S/c1-9(10-3-2-4-11(13)7-10)16-12-8-14-5-6-15-12/h2-9H,13H2,1H3. The highest BCUT2D eigenvalue weighted by Gasteiger charge is 2.08. The first-order valence-electron chi connectivity index (χ1n) is 5.04. The van der Waals surface area contributed by atoms with E-state index in [4.69, 9.17) is 5.73 Å². The molecule has 1 aromatic carbocycles. The summed E-state index contributed by atoms with van der Waals surface area (Å²) in [6, 6.07) is 7.93. The van der Waals surface area contributed by atoms with Crippen LogP contribution in [0, 0.1) is 0 Å². The first kappa shape index (κ1) is 11.0.